The van der Waals surface area contributed by atoms with Crippen LogP contribution in [0, 0.1) is 0 Å². The van der Waals surface area contributed by atoms with Crippen LogP contribution in [-0.4, -0.2) is 21.7 Å². The van der Waals surface area contributed by atoms with Crippen molar-refractivity contribution in [3.8, 4) is 11.5 Å². The van der Waals surface area contributed by atoms with Gasteiger partial charge < -0.3 is 9.47 Å². The van der Waals surface area contributed by atoms with Crippen molar-refractivity contribution in [1.82, 2.24) is 4.72 Å². The Bertz CT molecular complexity index is 644. The average molecular weight is 337 g/mol. The van der Waals surface area contributed by atoms with Gasteiger partial charge in [-0.3, -0.25) is 0 Å². The Kier molecular flexibility index (Phi) is 4.92. The maximum atomic E-state index is 12.3. The fourth-order valence-corrected chi connectivity index (χ4v) is 3.14. The van der Waals surface area contributed by atoms with Crippen molar-refractivity contribution in [2.24, 2.45) is 0 Å². The Balaban J connectivity index is 2.34. The highest BCUT2D eigenvalue weighted by molar-refractivity contribution is 7.84. The molecule has 0 radical (unpaired) electrons. The molecule has 0 unspecified atom stereocenters. The highest BCUT2D eigenvalue weighted by Gasteiger charge is 2.26. The van der Waals surface area contributed by atoms with E-state index in [4.69, 9.17) is 9.47 Å². The molecule has 1 aliphatic heterocycles. The lowest BCUT2D eigenvalue weighted by atomic mass is 9.98. The Labute approximate surface area is 141 Å². The Morgan fingerprint density at radius 2 is 1.96 bits per heavy atom. The predicted molar refractivity (Wildman–Crippen MR) is 96.2 cm³/mol. The summed E-state index contributed by atoms with van der Waals surface area (Å²) in [5, 5.41) is 0. The zero-order valence-corrected chi connectivity index (χ0v) is 15.8. The number of hydrogen-bond donors (Lipinski definition) is 1. The molecule has 0 saturated heterocycles. The molecule has 1 heterocycles. The summed E-state index contributed by atoms with van der Waals surface area (Å²) < 4.78 is 26.7. The summed E-state index contributed by atoms with van der Waals surface area (Å²) in [5.41, 5.74) is 1.66. The van der Waals surface area contributed by atoms with Gasteiger partial charge in [0.05, 0.1) is 22.8 Å². The molecule has 0 aliphatic carbocycles. The van der Waals surface area contributed by atoms with E-state index in [9.17, 15) is 4.21 Å². The Hall–Kier alpha value is -1.33. The normalized spacial score (nSPS) is 18.7. The Morgan fingerprint density at radius 3 is 2.52 bits per heavy atom. The monoisotopic (exact) mass is 337 g/mol. The van der Waals surface area contributed by atoms with Gasteiger partial charge in [0.25, 0.3) is 0 Å². The topological polar surface area (TPSA) is 47.6 Å². The fourth-order valence-electron chi connectivity index (χ4n) is 2.34. The number of hydrogen-bond acceptors (Lipinski definition) is 3. The SMILES string of the molecule is COc1cc2c(cc1[C@@H](C)N[S@@](=O)C(C)(C)C)C=CC(C)(C)O2. The van der Waals surface area contributed by atoms with Crippen LogP contribution in [0.25, 0.3) is 6.08 Å². The lowest BCUT2D eigenvalue weighted by molar-refractivity contribution is 0.158. The van der Waals surface area contributed by atoms with Gasteiger partial charge in [-0.15, -0.1) is 0 Å². The number of nitrogens with one attached hydrogen (secondary N) is 1. The van der Waals surface area contributed by atoms with E-state index in [0.29, 0.717) is 0 Å². The number of methoxy groups -OCH3 is 1. The molecule has 1 N–H and O–H groups in total. The van der Waals surface area contributed by atoms with Crippen molar-refractivity contribution < 1.29 is 13.7 Å². The molecule has 1 aromatic carbocycles. The molecule has 0 aromatic heterocycles. The largest absolute Gasteiger partial charge is 0.496 e. The zero-order chi connectivity index (χ0) is 17.4. The second kappa shape index (κ2) is 6.29. The molecule has 0 saturated carbocycles. The standard InChI is InChI=1S/C18H27NO3S/c1-12(19-23(20)17(2,3)4)14-10-13-8-9-18(5,6)22-15(13)11-16(14)21-7/h8-12,19H,1-7H3/t12-,23+/m1/s1. The van der Waals surface area contributed by atoms with E-state index in [1.807, 2.05) is 59.8 Å². The van der Waals surface area contributed by atoms with Gasteiger partial charge in [0, 0.05) is 23.2 Å². The Morgan fingerprint density at radius 1 is 1.30 bits per heavy atom. The average Bonchev–Trinajstić information content (AvgIpc) is 2.43. The molecule has 1 aromatic rings. The van der Waals surface area contributed by atoms with Crippen LogP contribution >= 0.6 is 0 Å². The van der Waals surface area contributed by atoms with Gasteiger partial charge in [-0.05, 0) is 53.7 Å². The molecular formula is C18H27NO3S. The zero-order valence-electron chi connectivity index (χ0n) is 15.0. The van der Waals surface area contributed by atoms with Gasteiger partial charge >= 0.3 is 0 Å². The summed E-state index contributed by atoms with van der Waals surface area (Å²) in [4.78, 5) is 0. The number of ether oxygens (including phenoxy) is 2. The summed E-state index contributed by atoms with van der Waals surface area (Å²) in [6, 6.07) is 3.85. The molecule has 23 heavy (non-hydrogen) atoms. The van der Waals surface area contributed by atoms with E-state index in [2.05, 4.69) is 10.8 Å². The van der Waals surface area contributed by atoms with Crippen LogP contribution in [-0.2, 0) is 11.0 Å². The van der Waals surface area contributed by atoms with Crippen molar-refractivity contribution in [3.05, 3.63) is 29.3 Å². The first-order valence-electron chi connectivity index (χ1n) is 7.82. The quantitative estimate of drug-likeness (QED) is 0.903. The third-order valence-electron chi connectivity index (χ3n) is 3.71. The summed E-state index contributed by atoms with van der Waals surface area (Å²) >= 11 is 0. The molecule has 5 heteroatoms. The van der Waals surface area contributed by atoms with E-state index >= 15 is 0 Å². The molecule has 0 fully saturated rings. The van der Waals surface area contributed by atoms with Crippen LogP contribution in [0.15, 0.2) is 18.2 Å². The molecule has 2 atom stereocenters. The molecule has 4 nitrogen and oxygen atoms in total. The second-order valence-electron chi connectivity index (χ2n) is 7.39. The molecule has 0 spiro atoms. The molecule has 128 valence electrons. The first kappa shape index (κ1) is 18.0. The summed E-state index contributed by atoms with van der Waals surface area (Å²) in [6.45, 7) is 11.9. The van der Waals surface area contributed by atoms with Gasteiger partial charge in [-0.2, -0.15) is 0 Å². The van der Waals surface area contributed by atoms with Crippen molar-refractivity contribution >= 4 is 17.1 Å². The summed E-state index contributed by atoms with van der Waals surface area (Å²) in [5.74, 6) is 1.54. The van der Waals surface area contributed by atoms with Gasteiger partial charge in [0.15, 0.2) is 0 Å². The molecule has 0 amide bonds. The minimum Gasteiger partial charge on any atom is -0.496 e. The number of fused-ring (bicyclic) bond motifs is 1. The van der Waals surface area contributed by atoms with Gasteiger partial charge in [0.2, 0.25) is 0 Å². The molecular weight excluding hydrogens is 310 g/mol. The van der Waals surface area contributed by atoms with Crippen LogP contribution in [0.1, 0.15) is 58.7 Å². The van der Waals surface area contributed by atoms with Gasteiger partial charge in [0.1, 0.15) is 17.1 Å². The van der Waals surface area contributed by atoms with E-state index in [1.54, 1.807) is 7.11 Å². The summed E-state index contributed by atoms with van der Waals surface area (Å²) in [6.07, 6.45) is 4.10. The van der Waals surface area contributed by atoms with Crippen LogP contribution in [0.4, 0.5) is 0 Å². The second-order valence-corrected chi connectivity index (χ2v) is 9.39. The van der Waals surface area contributed by atoms with Crippen LogP contribution in [0.5, 0.6) is 11.5 Å². The van der Waals surface area contributed by atoms with E-state index in [0.717, 1.165) is 22.6 Å². The van der Waals surface area contributed by atoms with Crippen molar-refractivity contribution in [3.63, 3.8) is 0 Å². The van der Waals surface area contributed by atoms with Crippen LogP contribution in [0.2, 0.25) is 0 Å². The number of benzene rings is 1. The van der Waals surface area contributed by atoms with Crippen molar-refractivity contribution in [2.75, 3.05) is 7.11 Å². The van der Waals surface area contributed by atoms with Crippen LogP contribution in [0.3, 0.4) is 0 Å². The highest BCUT2D eigenvalue weighted by atomic mass is 32.2. The third-order valence-corrected chi connectivity index (χ3v) is 5.39. The minimum absolute atomic E-state index is 0.0985. The third kappa shape index (κ3) is 4.15. The van der Waals surface area contributed by atoms with E-state index in [-0.39, 0.29) is 16.4 Å². The van der Waals surface area contributed by atoms with Crippen molar-refractivity contribution in [1.29, 1.82) is 0 Å². The van der Waals surface area contributed by atoms with E-state index < -0.39 is 11.0 Å². The first-order valence-corrected chi connectivity index (χ1v) is 8.97. The van der Waals surface area contributed by atoms with Gasteiger partial charge in [-0.25, -0.2) is 8.93 Å². The van der Waals surface area contributed by atoms with Gasteiger partial charge in [-0.1, -0.05) is 6.08 Å². The lowest BCUT2D eigenvalue weighted by Gasteiger charge is -2.29. The van der Waals surface area contributed by atoms with Crippen molar-refractivity contribution in [2.45, 2.75) is 57.9 Å². The lowest BCUT2D eigenvalue weighted by Crippen LogP contribution is -2.35. The van der Waals surface area contributed by atoms with Crippen LogP contribution < -0.4 is 14.2 Å². The number of rotatable bonds is 4. The molecule has 1 aliphatic rings. The maximum Gasteiger partial charge on any atom is 0.131 e. The predicted octanol–water partition coefficient (Wildman–Crippen LogP) is 3.99. The molecule has 0 bridgehead atoms. The highest BCUT2D eigenvalue weighted by Crippen LogP contribution is 2.38. The van der Waals surface area contributed by atoms with E-state index in [1.165, 1.54) is 0 Å². The first-order chi connectivity index (χ1) is 10.5. The maximum absolute atomic E-state index is 12.3. The smallest absolute Gasteiger partial charge is 0.131 e. The fraction of sp³-hybridized carbons (Fsp3) is 0.556. The minimum atomic E-state index is -1.15. The summed E-state index contributed by atoms with van der Waals surface area (Å²) in [7, 11) is 0.494. The molecule has 2 rings (SSSR count).